The van der Waals surface area contributed by atoms with Crippen LogP contribution in [0.4, 0.5) is 0 Å². The van der Waals surface area contributed by atoms with Crippen molar-refractivity contribution in [3.63, 3.8) is 0 Å². The molecule has 0 radical (unpaired) electrons. The minimum atomic E-state index is 0.701. The SMILES string of the molecule is c1ccc(-c2ccc(-c3ccc(-c4nc(-c5ccc(-n6c7ccc8ccccc8c7c7c8ccccc8c(-c8ccccc8)cc76)c6ccccc56)nc5ccccc45)cc3)cc2)cc1. The molecule has 0 fully saturated rings. The fourth-order valence-electron chi connectivity index (χ4n) is 10.2. The summed E-state index contributed by atoms with van der Waals surface area (Å²) in [5, 5.41) is 10.7. The van der Waals surface area contributed by atoms with E-state index in [4.69, 9.17) is 9.97 Å². The van der Waals surface area contributed by atoms with E-state index in [-0.39, 0.29) is 0 Å². The van der Waals surface area contributed by atoms with E-state index < -0.39 is 0 Å². The van der Waals surface area contributed by atoms with Crippen molar-refractivity contribution in [1.29, 1.82) is 0 Å². The summed E-state index contributed by atoms with van der Waals surface area (Å²) in [6.07, 6.45) is 0. The summed E-state index contributed by atoms with van der Waals surface area (Å²) in [5.74, 6) is 0.701. The first-order valence-electron chi connectivity index (χ1n) is 22.2. The Hall–Kier alpha value is -8.66. The summed E-state index contributed by atoms with van der Waals surface area (Å²) in [6.45, 7) is 0. The number of aromatic nitrogens is 3. The molecule has 0 spiro atoms. The second-order valence-corrected chi connectivity index (χ2v) is 16.9. The van der Waals surface area contributed by atoms with E-state index in [0.29, 0.717) is 5.82 Å². The monoisotopic (exact) mass is 825 g/mol. The Labute approximate surface area is 376 Å². The van der Waals surface area contributed by atoms with Crippen LogP contribution in [0.3, 0.4) is 0 Å². The van der Waals surface area contributed by atoms with Gasteiger partial charge in [0.05, 0.1) is 27.9 Å². The summed E-state index contributed by atoms with van der Waals surface area (Å²) in [4.78, 5) is 10.7. The molecular weight excluding hydrogens is 787 g/mol. The van der Waals surface area contributed by atoms with Gasteiger partial charge in [0.25, 0.3) is 0 Å². The first kappa shape index (κ1) is 36.9. The molecule has 0 aliphatic heterocycles. The zero-order chi connectivity index (χ0) is 42.8. The van der Waals surface area contributed by atoms with Gasteiger partial charge in [-0.25, -0.2) is 9.97 Å². The number of hydrogen-bond donors (Lipinski definition) is 0. The predicted molar refractivity (Wildman–Crippen MR) is 274 cm³/mol. The Balaban J connectivity index is 0.992. The van der Waals surface area contributed by atoms with Gasteiger partial charge >= 0.3 is 0 Å². The minimum Gasteiger partial charge on any atom is -0.309 e. The molecule has 0 saturated carbocycles. The van der Waals surface area contributed by atoms with Gasteiger partial charge in [-0.05, 0) is 90.6 Å². The molecule has 13 rings (SSSR count). The Morgan fingerprint density at radius 3 is 1.49 bits per heavy atom. The average molecular weight is 826 g/mol. The lowest BCUT2D eigenvalue weighted by molar-refractivity contribution is 1.19. The Morgan fingerprint density at radius 2 is 0.800 bits per heavy atom. The van der Waals surface area contributed by atoms with Gasteiger partial charge in [0.1, 0.15) is 0 Å². The van der Waals surface area contributed by atoms with Gasteiger partial charge in [0.15, 0.2) is 5.82 Å². The third-order valence-corrected chi connectivity index (χ3v) is 13.2. The Kier molecular flexibility index (Phi) is 8.53. The summed E-state index contributed by atoms with van der Waals surface area (Å²) in [5.41, 5.74) is 14.5. The maximum atomic E-state index is 5.43. The molecular formula is C62H39N3. The third kappa shape index (κ3) is 6.05. The first-order chi connectivity index (χ1) is 32.2. The highest BCUT2D eigenvalue weighted by Crippen LogP contribution is 2.45. The second-order valence-electron chi connectivity index (χ2n) is 16.9. The van der Waals surface area contributed by atoms with Crippen LogP contribution in [0.25, 0.3) is 127 Å². The molecule has 0 aliphatic carbocycles. The topological polar surface area (TPSA) is 30.7 Å². The molecule has 3 nitrogen and oxygen atoms in total. The van der Waals surface area contributed by atoms with Gasteiger partial charge in [-0.2, -0.15) is 0 Å². The summed E-state index contributed by atoms with van der Waals surface area (Å²) < 4.78 is 2.49. The van der Waals surface area contributed by atoms with Crippen molar-refractivity contribution in [1.82, 2.24) is 14.5 Å². The van der Waals surface area contributed by atoms with Gasteiger partial charge in [0.2, 0.25) is 0 Å². The van der Waals surface area contributed by atoms with E-state index in [2.05, 4.69) is 241 Å². The van der Waals surface area contributed by atoms with E-state index in [1.54, 1.807) is 0 Å². The molecule has 13 aromatic rings. The predicted octanol–water partition coefficient (Wildman–Crippen LogP) is 16.5. The van der Waals surface area contributed by atoms with Gasteiger partial charge < -0.3 is 4.57 Å². The van der Waals surface area contributed by atoms with Crippen molar-refractivity contribution in [2.24, 2.45) is 0 Å². The van der Waals surface area contributed by atoms with Crippen LogP contribution in [0.15, 0.2) is 237 Å². The molecule has 3 heteroatoms. The highest BCUT2D eigenvalue weighted by Gasteiger charge is 2.22. The van der Waals surface area contributed by atoms with E-state index in [9.17, 15) is 0 Å². The molecule has 0 unspecified atom stereocenters. The van der Waals surface area contributed by atoms with Gasteiger partial charge in [0, 0.05) is 32.7 Å². The molecule has 0 bridgehead atoms. The van der Waals surface area contributed by atoms with Gasteiger partial charge in [-0.15, -0.1) is 0 Å². The van der Waals surface area contributed by atoms with Crippen LogP contribution in [0.2, 0.25) is 0 Å². The van der Waals surface area contributed by atoms with Crippen molar-refractivity contribution < 1.29 is 0 Å². The van der Waals surface area contributed by atoms with Crippen LogP contribution in [0, 0.1) is 0 Å². The molecule has 0 atom stereocenters. The van der Waals surface area contributed by atoms with Gasteiger partial charge in [-0.1, -0.05) is 206 Å². The fraction of sp³-hybridized carbons (Fsp3) is 0. The number of para-hydroxylation sites is 1. The van der Waals surface area contributed by atoms with Crippen LogP contribution < -0.4 is 0 Å². The van der Waals surface area contributed by atoms with E-state index >= 15 is 0 Å². The summed E-state index contributed by atoms with van der Waals surface area (Å²) in [6, 6.07) is 85.2. The molecule has 0 saturated heterocycles. The molecule has 302 valence electrons. The number of benzene rings is 11. The average Bonchev–Trinajstić information content (AvgIpc) is 3.73. The minimum absolute atomic E-state index is 0.701. The zero-order valence-electron chi connectivity index (χ0n) is 35.4. The lowest BCUT2D eigenvalue weighted by Gasteiger charge is -2.16. The van der Waals surface area contributed by atoms with Gasteiger partial charge in [-0.3, -0.25) is 0 Å². The van der Waals surface area contributed by atoms with E-state index in [0.717, 1.165) is 49.7 Å². The molecule has 2 aromatic heterocycles. The lowest BCUT2D eigenvalue weighted by atomic mass is 9.94. The van der Waals surface area contributed by atoms with E-state index in [1.165, 1.54) is 71.2 Å². The lowest BCUT2D eigenvalue weighted by Crippen LogP contribution is -1.99. The first-order valence-corrected chi connectivity index (χ1v) is 22.2. The third-order valence-electron chi connectivity index (χ3n) is 13.2. The smallest absolute Gasteiger partial charge is 0.161 e. The van der Waals surface area contributed by atoms with Crippen molar-refractivity contribution in [3.05, 3.63) is 237 Å². The fourth-order valence-corrected chi connectivity index (χ4v) is 10.2. The van der Waals surface area contributed by atoms with Crippen LogP contribution >= 0.6 is 0 Å². The Bertz CT molecular complexity index is 3960. The number of rotatable bonds is 6. The van der Waals surface area contributed by atoms with Crippen molar-refractivity contribution >= 4 is 65.0 Å². The molecule has 0 aliphatic rings. The van der Waals surface area contributed by atoms with Crippen LogP contribution in [0.5, 0.6) is 0 Å². The van der Waals surface area contributed by atoms with Crippen molar-refractivity contribution in [2.75, 3.05) is 0 Å². The highest BCUT2D eigenvalue weighted by molar-refractivity contribution is 6.30. The number of nitrogens with zero attached hydrogens (tertiary/aromatic N) is 3. The summed E-state index contributed by atoms with van der Waals surface area (Å²) in [7, 11) is 0. The van der Waals surface area contributed by atoms with Crippen molar-refractivity contribution in [2.45, 2.75) is 0 Å². The van der Waals surface area contributed by atoms with Crippen LogP contribution in [-0.2, 0) is 0 Å². The van der Waals surface area contributed by atoms with Crippen molar-refractivity contribution in [3.8, 4) is 61.7 Å². The largest absolute Gasteiger partial charge is 0.309 e. The number of hydrogen-bond acceptors (Lipinski definition) is 2. The second kappa shape index (κ2) is 15.0. The van der Waals surface area contributed by atoms with E-state index in [1.807, 2.05) is 0 Å². The zero-order valence-corrected chi connectivity index (χ0v) is 35.4. The normalized spacial score (nSPS) is 11.7. The van der Waals surface area contributed by atoms with Crippen LogP contribution in [0.1, 0.15) is 0 Å². The molecule has 0 N–H and O–H groups in total. The molecule has 11 aromatic carbocycles. The molecule has 0 amide bonds. The Morgan fingerprint density at radius 1 is 0.292 bits per heavy atom. The number of fused-ring (bicyclic) bond motifs is 9. The van der Waals surface area contributed by atoms with Crippen LogP contribution in [-0.4, -0.2) is 14.5 Å². The maximum Gasteiger partial charge on any atom is 0.161 e. The summed E-state index contributed by atoms with van der Waals surface area (Å²) >= 11 is 0. The quantitative estimate of drug-likeness (QED) is 0.167. The molecule has 2 heterocycles. The maximum absolute atomic E-state index is 5.43. The molecule has 65 heavy (non-hydrogen) atoms. The highest BCUT2D eigenvalue weighted by atomic mass is 15.0. The standard InChI is InChI=1S/C62H39N3/c1-3-15-40(16-4-1)41-27-29-42(30-28-41)43-31-33-46(34-32-43)61-53-25-13-14-26-55(53)63-62(64-61)52-36-38-56(50-23-11-9-21-48(50)52)65-57-37-35-45-19-7-8-20-47(45)59(57)60-51-24-12-10-22-49(51)54(39-58(60)65)44-17-5-2-6-18-44/h1-39H.